The van der Waals surface area contributed by atoms with Gasteiger partial charge in [0.1, 0.15) is 0 Å². The van der Waals surface area contributed by atoms with Gasteiger partial charge in [0.2, 0.25) is 5.91 Å². The van der Waals surface area contributed by atoms with Crippen molar-refractivity contribution in [1.82, 2.24) is 10.6 Å². The smallest absolute Gasteiger partial charge is 0.221 e. The van der Waals surface area contributed by atoms with Crippen molar-refractivity contribution in [3.8, 4) is 0 Å². The van der Waals surface area contributed by atoms with E-state index < -0.39 is 0 Å². The highest BCUT2D eigenvalue weighted by Gasteiger charge is 2.32. The van der Waals surface area contributed by atoms with Crippen LogP contribution in [0.2, 0.25) is 0 Å². The predicted octanol–water partition coefficient (Wildman–Crippen LogP) is 1.16. The Balaban J connectivity index is 1.73. The van der Waals surface area contributed by atoms with E-state index in [2.05, 4.69) is 16.9 Å². The van der Waals surface area contributed by atoms with Gasteiger partial charge in [0, 0.05) is 37.0 Å². The zero-order valence-corrected chi connectivity index (χ0v) is 12.0. The average Bonchev–Trinajstić information content (AvgIpc) is 2.90. The van der Waals surface area contributed by atoms with Gasteiger partial charge in [0.25, 0.3) is 0 Å². The molecule has 5 heteroatoms. The summed E-state index contributed by atoms with van der Waals surface area (Å²) in [5.74, 6) is 0.189. The molecule has 2 N–H and O–H groups in total. The Morgan fingerprint density at radius 1 is 1.50 bits per heavy atom. The first kappa shape index (κ1) is 14.2. The number of ether oxygens (including phenoxy) is 1. The predicted molar refractivity (Wildman–Crippen MR) is 75.0 cm³/mol. The monoisotopic (exact) mass is 272 g/mol. The summed E-state index contributed by atoms with van der Waals surface area (Å²) >= 11 is 1.87. The standard InChI is InChI=1S/C13H24N2O2S/c1-18-13(4-7-17-8-5-13)10-15-12(16)9-11-3-2-6-14-11/h11,14H,2-10H2,1H3,(H,15,16). The first-order valence-electron chi connectivity index (χ1n) is 6.87. The van der Waals surface area contributed by atoms with E-state index in [0.717, 1.165) is 45.6 Å². The molecule has 2 fully saturated rings. The van der Waals surface area contributed by atoms with Gasteiger partial charge in [-0.15, -0.1) is 0 Å². The second-order valence-corrected chi connectivity index (χ2v) is 6.55. The fourth-order valence-corrected chi connectivity index (χ4v) is 3.47. The number of nitrogens with one attached hydrogen (secondary N) is 2. The number of carbonyl (C=O) groups excluding carboxylic acids is 1. The van der Waals surface area contributed by atoms with Crippen LogP contribution >= 0.6 is 11.8 Å². The summed E-state index contributed by atoms with van der Waals surface area (Å²) in [7, 11) is 0. The minimum absolute atomic E-state index is 0.189. The van der Waals surface area contributed by atoms with E-state index in [1.54, 1.807) is 0 Å². The number of hydrogen-bond donors (Lipinski definition) is 2. The summed E-state index contributed by atoms with van der Waals surface area (Å²) < 4.78 is 5.60. The van der Waals surface area contributed by atoms with Crippen molar-refractivity contribution in [2.24, 2.45) is 0 Å². The molecule has 0 aliphatic carbocycles. The molecule has 0 aromatic rings. The second kappa shape index (κ2) is 6.78. The number of rotatable bonds is 5. The molecule has 0 bridgehead atoms. The van der Waals surface area contributed by atoms with Crippen molar-refractivity contribution in [3.63, 3.8) is 0 Å². The molecule has 0 aromatic carbocycles. The minimum Gasteiger partial charge on any atom is -0.381 e. The number of hydrogen-bond acceptors (Lipinski definition) is 4. The third-order valence-electron chi connectivity index (χ3n) is 4.04. The maximum Gasteiger partial charge on any atom is 0.221 e. The van der Waals surface area contributed by atoms with Crippen molar-refractivity contribution in [2.75, 3.05) is 32.6 Å². The normalized spacial score (nSPS) is 27.1. The van der Waals surface area contributed by atoms with E-state index in [4.69, 9.17) is 4.74 Å². The zero-order chi connectivity index (χ0) is 12.8. The van der Waals surface area contributed by atoms with Crippen molar-refractivity contribution in [3.05, 3.63) is 0 Å². The number of thioether (sulfide) groups is 1. The lowest BCUT2D eigenvalue weighted by Gasteiger charge is -2.35. The SMILES string of the molecule is CSC1(CNC(=O)CC2CCCN2)CCOCC1. The van der Waals surface area contributed by atoms with Crippen LogP contribution in [0.5, 0.6) is 0 Å². The van der Waals surface area contributed by atoms with E-state index in [1.165, 1.54) is 6.42 Å². The van der Waals surface area contributed by atoms with Crippen LogP contribution in [-0.2, 0) is 9.53 Å². The number of carbonyl (C=O) groups is 1. The highest BCUT2D eigenvalue weighted by atomic mass is 32.2. The highest BCUT2D eigenvalue weighted by molar-refractivity contribution is 8.00. The van der Waals surface area contributed by atoms with Gasteiger partial charge in [-0.05, 0) is 38.5 Å². The third kappa shape index (κ3) is 3.87. The molecule has 2 saturated heterocycles. The molecule has 2 rings (SSSR count). The van der Waals surface area contributed by atoms with Gasteiger partial charge >= 0.3 is 0 Å². The lowest BCUT2D eigenvalue weighted by molar-refractivity contribution is -0.121. The van der Waals surface area contributed by atoms with Crippen LogP contribution in [0.25, 0.3) is 0 Å². The fraction of sp³-hybridized carbons (Fsp3) is 0.923. The maximum absolute atomic E-state index is 11.9. The van der Waals surface area contributed by atoms with E-state index in [-0.39, 0.29) is 10.7 Å². The molecule has 4 nitrogen and oxygen atoms in total. The summed E-state index contributed by atoms with van der Waals surface area (Å²) in [4.78, 5) is 11.9. The van der Waals surface area contributed by atoms with Crippen molar-refractivity contribution in [2.45, 2.75) is 42.9 Å². The minimum atomic E-state index is 0.189. The molecule has 0 radical (unpaired) electrons. The first-order chi connectivity index (χ1) is 8.74. The Kier molecular flexibility index (Phi) is 5.33. The largest absolute Gasteiger partial charge is 0.381 e. The van der Waals surface area contributed by atoms with E-state index >= 15 is 0 Å². The van der Waals surface area contributed by atoms with E-state index in [0.29, 0.717) is 12.5 Å². The Bertz CT molecular complexity index is 274. The van der Waals surface area contributed by atoms with Crippen LogP contribution in [0.3, 0.4) is 0 Å². The Morgan fingerprint density at radius 2 is 2.28 bits per heavy atom. The Labute approximate surface area is 114 Å². The second-order valence-electron chi connectivity index (χ2n) is 5.27. The van der Waals surface area contributed by atoms with Crippen molar-refractivity contribution < 1.29 is 9.53 Å². The Hall–Kier alpha value is -0.260. The molecule has 1 amide bonds. The summed E-state index contributed by atoms with van der Waals surface area (Å²) in [6, 6.07) is 0.393. The Morgan fingerprint density at radius 3 is 2.89 bits per heavy atom. The molecule has 0 saturated carbocycles. The van der Waals surface area contributed by atoms with E-state index in [1.807, 2.05) is 11.8 Å². The van der Waals surface area contributed by atoms with Gasteiger partial charge in [0.05, 0.1) is 0 Å². The molecular weight excluding hydrogens is 248 g/mol. The van der Waals surface area contributed by atoms with Crippen LogP contribution in [0, 0.1) is 0 Å². The fourth-order valence-electron chi connectivity index (χ4n) is 2.68. The molecule has 2 aliphatic rings. The van der Waals surface area contributed by atoms with Crippen molar-refractivity contribution in [1.29, 1.82) is 0 Å². The van der Waals surface area contributed by atoms with Gasteiger partial charge in [-0.3, -0.25) is 4.79 Å². The van der Waals surface area contributed by atoms with Crippen molar-refractivity contribution >= 4 is 17.7 Å². The van der Waals surface area contributed by atoms with Crippen LogP contribution in [0.15, 0.2) is 0 Å². The molecule has 2 heterocycles. The van der Waals surface area contributed by atoms with Crippen LogP contribution < -0.4 is 10.6 Å². The molecule has 0 aromatic heterocycles. The maximum atomic E-state index is 11.9. The van der Waals surface area contributed by atoms with Gasteiger partial charge in [-0.25, -0.2) is 0 Å². The third-order valence-corrected chi connectivity index (χ3v) is 5.46. The molecule has 1 atom stereocenters. The summed E-state index contributed by atoms with van der Waals surface area (Å²) in [6.07, 6.45) is 7.17. The molecule has 2 aliphatic heterocycles. The summed E-state index contributed by atoms with van der Waals surface area (Å²) in [6.45, 7) is 3.48. The van der Waals surface area contributed by atoms with Crippen LogP contribution in [0.1, 0.15) is 32.1 Å². The molecule has 1 unspecified atom stereocenters. The average molecular weight is 272 g/mol. The van der Waals surface area contributed by atoms with Gasteiger partial charge < -0.3 is 15.4 Å². The van der Waals surface area contributed by atoms with Crippen LogP contribution in [0.4, 0.5) is 0 Å². The van der Waals surface area contributed by atoms with Gasteiger partial charge in [-0.1, -0.05) is 0 Å². The topological polar surface area (TPSA) is 50.4 Å². The number of amides is 1. The quantitative estimate of drug-likeness (QED) is 0.788. The summed E-state index contributed by atoms with van der Waals surface area (Å²) in [5, 5.41) is 6.48. The lowest BCUT2D eigenvalue weighted by atomic mass is 9.99. The van der Waals surface area contributed by atoms with Gasteiger partial charge in [0.15, 0.2) is 0 Å². The molecule has 104 valence electrons. The highest BCUT2D eigenvalue weighted by Crippen LogP contribution is 2.32. The molecular formula is C13H24N2O2S. The first-order valence-corrected chi connectivity index (χ1v) is 8.10. The van der Waals surface area contributed by atoms with Crippen LogP contribution in [-0.4, -0.2) is 49.3 Å². The molecule has 0 spiro atoms. The summed E-state index contributed by atoms with van der Waals surface area (Å²) in [5.41, 5.74) is 0. The van der Waals surface area contributed by atoms with Gasteiger partial charge in [-0.2, -0.15) is 11.8 Å². The zero-order valence-electron chi connectivity index (χ0n) is 11.2. The van der Waals surface area contributed by atoms with E-state index in [9.17, 15) is 4.79 Å². The molecule has 18 heavy (non-hydrogen) atoms. The lowest BCUT2D eigenvalue weighted by Crippen LogP contribution is -2.45.